The van der Waals surface area contributed by atoms with Crippen LogP contribution in [0.2, 0.25) is 0 Å². The van der Waals surface area contributed by atoms with E-state index in [2.05, 4.69) is 24.5 Å². The third-order valence-corrected chi connectivity index (χ3v) is 2.28. The van der Waals surface area contributed by atoms with Crippen LogP contribution in [0, 0.1) is 11.7 Å². The highest BCUT2D eigenvalue weighted by atomic mass is 19.1. The molecule has 0 heterocycles. The van der Waals surface area contributed by atoms with E-state index in [9.17, 15) is 9.18 Å². The fourth-order valence-electron chi connectivity index (χ4n) is 1.44. The zero-order valence-corrected chi connectivity index (χ0v) is 11.4. The van der Waals surface area contributed by atoms with Crippen LogP contribution in [0.15, 0.2) is 24.3 Å². The van der Waals surface area contributed by atoms with Crippen molar-refractivity contribution in [1.82, 2.24) is 5.32 Å². The molecule has 5 heteroatoms. The molecule has 1 rings (SSSR count). The number of halogens is 1. The van der Waals surface area contributed by atoms with Crippen LogP contribution in [0.1, 0.15) is 20.3 Å². The van der Waals surface area contributed by atoms with E-state index in [1.807, 2.05) is 0 Å². The van der Waals surface area contributed by atoms with Crippen LogP contribution in [0.4, 0.5) is 14.9 Å². The minimum Gasteiger partial charge on any atom is -0.381 e. The predicted molar refractivity (Wildman–Crippen MR) is 73.7 cm³/mol. The Hall–Kier alpha value is -1.62. The third-order valence-electron chi connectivity index (χ3n) is 2.28. The first-order valence-corrected chi connectivity index (χ1v) is 6.46. The summed E-state index contributed by atoms with van der Waals surface area (Å²) in [6.45, 7) is 6.06. The molecular weight excluding hydrogens is 247 g/mol. The van der Waals surface area contributed by atoms with E-state index in [1.54, 1.807) is 12.1 Å². The van der Waals surface area contributed by atoms with Crippen LogP contribution in [0.5, 0.6) is 0 Å². The zero-order chi connectivity index (χ0) is 14.1. The molecule has 0 saturated carbocycles. The van der Waals surface area contributed by atoms with Crippen LogP contribution in [0.3, 0.4) is 0 Å². The van der Waals surface area contributed by atoms with Gasteiger partial charge in [0.2, 0.25) is 0 Å². The highest BCUT2D eigenvalue weighted by molar-refractivity contribution is 5.89. The fraction of sp³-hybridized carbons (Fsp3) is 0.500. The number of hydrogen-bond donors (Lipinski definition) is 2. The largest absolute Gasteiger partial charge is 0.381 e. The Kier molecular flexibility index (Phi) is 6.89. The Morgan fingerprint density at radius 3 is 2.89 bits per heavy atom. The number of urea groups is 1. The summed E-state index contributed by atoms with van der Waals surface area (Å²) < 4.78 is 18.3. The lowest BCUT2D eigenvalue weighted by Crippen LogP contribution is -2.30. The van der Waals surface area contributed by atoms with Gasteiger partial charge in [0.1, 0.15) is 5.82 Å². The van der Waals surface area contributed by atoms with Gasteiger partial charge in [0.15, 0.2) is 0 Å². The molecule has 0 bridgehead atoms. The zero-order valence-electron chi connectivity index (χ0n) is 11.4. The van der Waals surface area contributed by atoms with Crippen molar-refractivity contribution in [1.29, 1.82) is 0 Å². The minimum atomic E-state index is -0.375. The van der Waals surface area contributed by atoms with Gasteiger partial charge in [-0.15, -0.1) is 0 Å². The SMILES string of the molecule is CC(C)COCCCNC(=O)Nc1cccc(F)c1. The Morgan fingerprint density at radius 2 is 2.21 bits per heavy atom. The maximum absolute atomic E-state index is 12.9. The predicted octanol–water partition coefficient (Wildman–Crippen LogP) is 3.01. The van der Waals surface area contributed by atoms with E-state index in [1.165, 1.54) is 12.1 Å². The van der Waals surface area contributed by atoms with Gasteiger partial charge in [0.05, 0.1) is 0 Å². The maximum Gasteiger partial charge on any atom is 0.319 e. The highest BCUT2D eigenvalue weighted by Gasteiger charge is 2.01. The van der Waals surface area contributed by atoms with E-state index in [-0.39, 0.29) is 11.8 Å². The first kappa shape index (κ1) is 15.4. The second-order valence-electron chi connectivity index (χ2n) is 4.71. The fourth-order valence-corrected chi connectivity index (χ4v) is 1.44. The van der Waals surface area contributed by atoms with E-state index in [0.717, 1.165) is 13.0 Å². The summed E-state index contributed by atoms with van der Waals surface area (Å²) >= 11 is 0. The number of ether oxygens (including phenoxy) is 1. The summed E-state index contributed by atoms with van der Waals surface area (Å²) in [5, 5.41) is 5.25. The van der Waals surface area contributed by atoms with Gasteiger partial charge < -0.3 is 15.4 Å². The van der Waals surface area contributed by atoms with E-state index >= 15 is 0 Å². The smallest absolute Gasteiger partial charge is 0.319 e. The van der Waals surface area contributed by atoms with Crippen LogP contribution >= 0.6 is 0 Å². The van der Waals surface area contributed by atoms with E-state index in [0.29, 0.717) is 24.8 Å². The van der Waals surface area contributed by atoms with Crippen LogP contribution in [-0.4, -0.2) is 25.8 Å². The molecule has 0 aromatic heterocycles. The van der Waals surface area contributed by atoms with Crippen LogP contribution in [-0.2, 0) is 4.74 Å². The monoisotopic (exact) mass is 268 g/mol. The number of nitrogens with one attached hydrogen (secondary N) is 2. The molecule has 0 radical (unpaired) electrons. The molecule has 0 aliphatic heterocycles. The minimum absolute atomic E-state index is 0.338. The van der Waals surface area contributed by atoms with Crippen molar-refractivity contribution in [3.63, 3.8) is 0 Å². The molecule has 0 atom stereocenters. The lowest BCUT2D eigenvalue weighted by Gasteiger charge is -2.09. The van der Waals surface area contributed by atoms with Crippen molar-refractivity contribution in [2.45, 2.75) is 20.3 Å². The number of anilines is 1. The lowest BCUT2D eigenvalue weighted by molar-refractivity contribution is 0.108. The molecule has 106 valence electrons. The Bertz CT molecular complexity index is 397. The molecule has 1 aromatic carbocycles. The summed E-state index contributed by atoms with van der Waals surface area (Å²) in [5.74, 6) is 0.143. The highest BCUT2D eigenvalue weighted by Crippen LogP contribution is 2.08. The van der Waals surface area contributed by atoms with Gasteiger partial charge in [-0.25, -0.2) is 9.18 Å². The van der Waals surface area contributed by atoms with E-state index < -0.39 is 0 Å². The van der Waals surface area contributed by atoms with Gasteiger partial charge in [-0.2, -0.15) is 0 Å². The number of carbonyl (C=O) groups excluding carboxylic acids is 1. The first-order valence-electron chi connectivity index (χ1n) is 6.46. The molecule has 0 aliphatic rings. The van der Waals surface area contributed by atoms with Gasteiger partial charge in [0.25, 0.3) is 0 Å². The quantitative estimate of drug-likeness (QED) is 0.747. The van der Waals surface area contributed by atoms with Gasteiger partial charge in [-0.05, 0) is 30.5 Å². The molecule has 0 saturated heterocycles. The van der Waals surface area contributed by atoms with Crippen molar-refractivity contribution in [2.75, 3.05) is 25.1 Å². The Labute approximate surface area is 113 Å². The van der Waals surface area contributed by atoms with Crippen molar-refractivity contribution < 1.29 is 13.9 Å². The molecule has 4 nitrogen and oxygen atoms in total. The molecule has 0 unspecified atom stereocenters. The van der Waals surface area contributed by atoms with Gasteiger partial charge in [-0.1, -0.05) is 19.9 Å². The average Bonchev–Trinajstić information content (AvgIpc) is 2.33. The van der Waals surface area contributed by atoms with Crippen molar-refractivity contribution in [3.8, 4) is 0 Å². The summed E-state index contributed by atoms with van der Waals surface area (Å²) in [4.78, 5) is 11.5. The second-order valence-corrected chi connectivity index (χ2v) is 4.71. The molecule has 19 heavy (non-hydrogen) atoms. The van der Waals surface area contributed by atoms with Crippen LogP contribution in [0.25, 0.3) is 0 Å². The van der Waals surface area contributed by atoms with Gasteiger partial charge >= 0.3 is 6.03 Å². The molecule has 0 spiro atoms. The standard InChI is InChI=1S/C14H21FN2O2/c1-11(2)10-19-8-4-7-16-14(18)17-13-6-3-5-12(15)9-13/h3,5-6,9,11H,4,7-8,10H2,1-2H3,(H2,16,17,18). The number of carbonyl (C=O) groups is 1. The molecule has 2 amide bonds. The molecule has 2 N–H and O–H groups in total. The van der Waals surface area contributed by atoms with E-state index in [4.69, 9.17) is 4.74 Å². The van der Waals surface area contributed by atoms with Gasteiger partial charge in [0, 0.05) is 25.4 Å². The van der Waals surface area contributed by atoms with Crippen molar-refractivity contribution in [2.24, 2.45) is 5.92 Å². The van der Waals surface area contributed by atoms with Crippen LogP contribution < -0.4 is 10.6 Å². The number of hydrogen-bond acceptors (Lipinski definition) is 2. The lowest BCUT2D eigenvalue weighted by atomic mass is 10.2. The summed E-state index contributed by atoms with van der Waals surface area (Å²) in [6.07, 6.45) is 0.753. The molecule has 0 fully saturated rings. The summed E-state index contributed by atoms with van der Waals surface area (Å²) in [7, 11) is 0. The molecular formula is C14H21FN2O2. The molecule has 1 aromatic rings. The van der Waals surface area contributed by atoms with Crippen molar-refractivity contribution >= 4 is 11.7 Å². The topological polar surface area (TPSA) is 50.4 Å². The Balaban J connectivity index is 2.11. The normalized spacial score (nSPS) is 10.5. The number of benzene rings is 1. The third kappa shape index (κ3) is 7.41. The maximum atomic E-state index is 12.9. The van der Waals surface area contributed by atoms with Crippen molar-refractivity contribution in [3.05, 3.63) is 30.1 Å². The van der Waals surface area contributed by atoms with Gasteiger partial charge in [-0.3, -0.25) is 0 Å². The Morgan fingerprint density at radius 1 is 1.42 bits per heavy atom. The summed E-state index contributed by atoms with van der Waals surface area (Å²) in [5.41, 5.74) is 0.438. The number of amides is 2. The molecule has 0 aliphatic carbocycles. The first-order chi connectivity index (χ1) is 9.08. The summed E-state index contributed by atoms with van der Waals surface area (Å²) in [6, 6.07) is 5.44. The average molecular weight is 268 g/mol. The number of rotatable bonds is 7. The second kappa shape index (κ2) is 8.48.